The standard InChI is InChI=1S/C48H88Br2N2O6S2Si6/c1-61(2,3)55-65(13,56-62(4,5)6)35-31-27-23-19-15-17-21-25-29-33-51-39-37-41(49)59-45(39)43(47(51)53)44-46-40(38-42(50)60-46)52(48(44)54)34-30-26-22-18-16-20-24-28-32-36-66(14,57-63(7,8)9)58-64(10,11)12/h37-38H,15-36H2,1-14H3/b44-43-. The van der Waals surface area contributed by atoms with Gasteiger partial charge in [-0.3, -0.25) is 9.59 Å². The molecule has 4 rings (SSSR count). The maximum Gasteiger partial charge on any atom is 0.314 e. The smallest absolute Gasteiger partial charge is 0.314 e. The Kier molecular flexibility index (Phi) is 22.9. The summed E-state index contributed by atoms with van der Waals surface area (Å²) in [7, 11) is -10.9. The van der Waals surface area contributed by atoms with Crippen molar-refractivity contribution in [1.82, 2.24) is 0 Å². The first-order chi connectivity index (χ1) is 30.6. The molecule has 2 aromatic heterocycles. The van der Waals surface area contributed by atoms with Crippen LogP contribution in [-0.2, 0) is 26.0 Å². The highest BCUT2D eigenvalue weighted by Gasteiger charge is 2.45. The first-order valence-corrected chi connectivity index (χ1v) is 47.3. The fraction of sp³-hybridized carbons (Fsp3) is 0.750. The van der Waals surface area contributed by atoms with Crippen molar-refractivity contribution in [1.29, 1.82) is 0 Å². The molecular formula is C48H88Br2N2O6S2Si6. The fourth-order valence-electron chi connectivity index (χ4n) is 9.78. The Morgan fingerprint density at radius 2 is 0.652 bits per heavy atom. The number of halogens is 2. The van der Waals surface area contributed by atoms with Gasteiger partial charge < -0.3 is 26.3 Å². The van der Waals surface area contributed by atoms with Gasteiger partial charge in [0.25, 0.3) is 11.8 Å². The topological polar surface area (TPSA) is 77.5 Å². The van der Waals surface area contributed by atoms with Gasteiger partial charge in [-0.1, -0.05) is 103 Å². The van der Waals surface area contributed by atoms with E-state index < -0.39 is 50.4 Å². The Balaban J connectivity index is 1.19. The summed E-state index contributed by atoms with van der Waals surface area (Å²) in [6, 6.07) is 6.34. The van der Waals surface area contributed by atoms with Crippen LogP contribution in [0.2, 0.25) is 104 Å². The average Bonchev–Trinajstić information content (AvgIpc) is 3.84. The largest absolute Gasteiger partial charge is 0.437 e. The molecule has 0 saturated heterocycles. The summed E-state index contributed by atoms with van der Waals surface area (Å²) in [6.45, 7) is 33.4. The lowest BCUT2D eigenvalue weighted by molar-refractivity contribution is -0.114. The molecule has 0 spiro atoms. The Morgan fingerprint density at radius 3 is 0.909 bits per heavy atom. The number of unbranched alkanes of at least 4 members (excludes halogenated alkanes) is 16. The van der Waals surface area contributed by atoms with Crippen molar-refractivity contribution in [3.05, 3.63) is 29.5 Å². The van der Waals surface area contributed by atoms with E-state index in [1.165, 1.54) is 89.9 Å². The number of amides is 2. The second-order valence-electron chi connectivity index (χ2n) is 23.2. The number of hydrogen-bond donors (Lipinski definition) is 0. The van der Waals surface area contributed by atoms with Crippen LogP contribution in [-0.4, -0.2) is 75.3 Å². The maximum absolute atomic E-state index is 14.3. The summed E-state index contributed by atoms with van der Waals surface area (Å²) in [4.78, 5) is 34.4. The van der Waals surface area contributed by atoms with Gasteiger partial charge >= 0.3 is 17.1 Å². The van der Waals surface area contributed by atoms with E-state index in [4.69, 9.17) is 16.5 Å². The van der Waals surface area contributed by atoms with E-state index in [1.807, 2.05) is 9.80 Å². The lowest BCUT2D eigenvalue weighted by atomic mass is 10.1. The van der Waals surface area contributed by atoms with Gasteiger partial charge in [-0.05, 0) is 161 Å². The number of thiophene rings is 2. The number of carbonyl (C=O) groups excluding carboxylic acids is 2. The summed E-state index contributed by atoms with van der Waals surface area (Å²) in [5.74, 6) is -0.0464. The van der Waals surface area contributed by atoms with Gasteiger partial charge in [0.2, 0.25) is 0 Å². The van der Waals surface area contributed by atoms with Crippen molar-refractivity contribution in [2.24, 2.45) is 0 Å². The molecule has 0 aliphatic carbocycles. The van der Waals surface area contributed by atoms with E-state index in [1.54, 1.807) is 22.7 Å². The Bertz CT molecular complexity index is 1750. The zero-order valence-electron chi connectivity index (χ0n) is 43.6. The first kappa shape index (κ1) is 58.7. The van der Waals surface area contributed by atoms with Crippen LogP contribution in [0.4, 0.5) is 11.4 Å². The SMILES string of the molecule is C[Si](C)(C)O[Si](C)(CCCCCCCCCCCN1C(=O)/C(=C2\C(=O)N(CCCCCCCCCCC[Si](C)(O[Si](C)(C)C)O[Si](C)(C)C)c3cc(Br)sc32)c2sc(Br)cc21)O[Si](C)(C)C. The van der Waals surface area contributed by atoms with Crippen LogP contribution in [0.1, 0.15) is 125 Å². The molecule has 0 fully saturated rings. The molecule has 2 amide bonds. The van der Waals surface area contributed by atoms with Crippen molar-refractivity contribution < 1.29 is 26.0 Å². The van der Waals surface area contributed by atoms with E-state index in [9.17, 15) is 9.59 Å². The number of anilines is 2. The van der Waals surface area contributed by atoms with Crippen LogP contribution >= 0.6 is 54.5 Å². The third kappa shape index (κ3) is 19.7. The summed E-state index contributed by atoms with van der Waals surface area (Å²) in [6.07, 6.45) is 21.4. The summed E-state index contributed by atoms with van der Waals surface area (Å²) >= 11 is 10.6. The van der Waals surface area contributed by atoms with Crippen molar-refractivity contribution in [2.75, 3.05) is 22.9 Å². The van der Waals surface area contributed by atoms with Gasteiger partial charge in [0, 0.05) is 13.1 Å². The minimum atomic E-state index is -2.14. The molecule has 376 valence electrons. The van der Waals surface area contributed by atoms with Gasteiger partial charge in [-0.25, -0.2) is 0 Å². The molecule has 4 heterocycles. The Labute approximate surface area is 433 Å². The van der Waals surface area contributed by atoms with Crippen molar-refractivity contribution >= 4 is 139 Å². The first-order valence-electron chi connectivity index (χ1n) is 25.4. The molecule has 2 aliphatic rings. The maximum atomic E-state index is 14.3. The third-order valence-electron chi connectivity index (χ3n) is 11.7. The fourth-order valence-corrected chi connectivity index (χ4v) is 38.3. The van der Waals surface area contributed by atoms with Gasteiger partial charge in [0.05, 0.1) is 39.8 Å². The summed E-state index contributed by atoms with van der Waals surface area (Å²) < 4.78 is 28.8. The highest BCUT2D eigenvalue weighted by atomic mass is 79.9. The zero-order chi connectivity index (χ0) is 49.1. The lowest BCUT2D eigenvalue weighted by Crippen LogP contribution is -2.52. The Hall–Kier alpha value is 0.181. The molecule has 66 heavy (non-hydrogen) atoms. The van der Waals surface area contributed by atoms with E-state index in [2.05, 4.69) is 136 Å². The molecular weight excluding hydrogens is 1090 g/mol. The zero-order valence-corrected chi connectivity index (χ0v) is 54.4. The van der Waals surface area contributed by atoms with E-state index in [0.29, 0.717) is 24.2 Å². The molecule has 0 unspecified atom stereocenters. The van der Waals surface area contributed by atoms with Crippen molar-refractivity contribution in [3.63, 3.8) is 0 Å². The minimum Gasteiger partial charge on any atom is -0.437 e. The van der Waals surface area contributed by atoms with Crippen LogP contribution in [0.15, 0.2) is 19.7 Å². The number of nitrogens with zero attached hydrogens (tertiary/aromatic N) is 2. The molecule has 0 atom stereocenters. The van der Waals surface area contributed by atoms with Crippen molar-refractivity contribution in [3.8, 4) is 0 Å². The Morgan fingerprint density at radius 1 is 0.409 bits per heavy atom. The number of rotatable bonds is 32. The normalized spacial score (nSPS) is 16.4. The monoisotopic (exact) mass is 1180 g/mol. The third-order valence-corrected chi connectivity index (χ3v) is 34.2. The van der Waals surface area contributed by atoms with Crippen LogP contribution in [0.3, 0.4) is 0 Å². The predicted octanol–water partition coefficient (Wildman–Crippen LogP) is 17.5. The second kappa shape index (κ2) is 25.7. The molecule has 0 saturated carbocycles. The highest BCUT2D eigenvalue weighted by molar-refractivity contribution is 9.11. The summed E-state index contributed by atoms with van der Waals surface area (Å²) in [5.41, 5.74) is 3.06. The summed E-state index contributed by atoms with van der Waals surface area (Å²) in [5, 5.41) is 0. The van der Waals surface area contributed by atoms with E-state index in [-0.39, 0.29) is 11.8 Å². The van der Waals surface area contributed by atoms with Crippen LogP contribution in [0.5, 0.6) is 0 Å². The van der Waals surface area contributed by atoms with Crippen LogP contribution in [0, 0.1) is 0 Å². The molecule has 18 heteroatoms. The predicted molar refractivity (Wildman–Crippen MR) is 309 cm³/mol. The highest BCUT2D eigenvalue weighted by Crippen LogP contribution is 2.53. The van der Waals surface area contributed by atoms with Crippen LogP contribution in [0.25, 0.3) is 11.1 Å². The molecule has 8 nitrogen and oxygen atoms in total. The van der Waals surface area contributed by atoms with E-state index in [0.717, 1.165) is 66.5 Å². The molecule has 2 aromatic rings. The number of carbonyl (C=O) groups is 2. The average molecular weight is 1180 g/mol. The van der Waals surface area contributed by atoms with Gasteiger partial charge in [0.15, 0.2) is 33.3 Å². The second-order valence-corrected chi connectivity index (χ2v) is 53.7. The van der Waals surface area contributed by atoms with Gasteiger partial charge in [0.1, 0.15) is 0 Å². The molecule has 0 radical (unpaired) electrons. The lowest BCUT2D eigenvalue weighted by Gasteiger charge is -2.38. The quantitative estimate of drug-likeness (QED) is 0.0413. The molecule has 0 aromatic carbocycles. The molecule has 2 aliphatic heterocycles. The minimum absolute atomic E-state index is 0.0232. The van der Waals surface area contributed by atoms with Gasteiger partial charge in [-0.2, -0.15) is 0 Å². The number of fused-ring (bicyclic) bond motifs is 2. The van der Waals surface area contributed by atoms with Crippen LogP contribution < -0.4 is 9.80 Å². The van der Waals surface area contributed by atoms with E-state index >= 15 is 0 Å². The molecule has 0 N–H and O–H groups in total. The molecule has 0 bridgehead atoms. The van der Waals surface area contributed by atoms with Gasteiger partial charge in [-0.15, -0.1) is 22.7 Å². The van der Waals surface area contributed by atoms with Crippen molar-refractivity contribution in [2.45, 2.75) is 219 Å². The number of hydrogen-bond acceptors (Lipinski definition) is 8.